The van der Waals surface area contributed by atoms with Crippen LogP contribution in [-0.4, -0.2) is 37.8 Å². The summed E-state index contributed by atoms with van der Waals surface area (Å²) in [6.07, 6.45) is 5.79. The van der Waals surface area contributed by atoms with Gasteiger partial charge in [-0.15, -0.1) is 0 Å². The number of para-hydroxylation sites is 1. The molecule has 45 heavy (non-hydrogen) atoms. The van der Waals surface area contributed by atoms with Crippen LogP contribution in [0.25, 0.3) is 0 Å². The molecule has 0 spiro atoms. The van der Waals surface area contributed by atoms with Gasteiger partial charge in [-0.2, -0.15) is 0 Å². The van der Waals surface area contributed by atoms with Crippen LogP contribution >= 0.6 is 0 Å². The van der Waals surface area contributed by atoms with Crippen molar-refractivity contribution in [2.75, 3.05) is 14.2 Å². The highest BCUT2D eigenvalue weighted by Gasteiger charge is 2.46. The first kappa shape index (κ1) is 30.6. The van der Waals surface area contributed by atoms with Crippen LogP contribution < -0.4 is 14.2 Å². The summed E-state index contributed by atoms with van der Waals surface area (Å²) < 4.78 is 23.5. The first-order valence-electron chi connectivity index (χ1n) is 16.0. The van der Waals surface area contributed by atoms with E-state index in [-0.39, 0.29) is 23.8 Å². The number of benzene rings is 3. The van der Waals surface area contributed by atoms with E-state index in [0.717, 1.165) is 48.1 Å². The Morgan fingerprint density at radius 3 is 2.33 bits per heavy atom. The van der Waals surface area contributed by atoms with E-state index in [2.05, 4.69) is 0 Å². The topological polar surface area (TPSA) is 83.4 Å². The maximum atomic E-state index is 14.3. The largest absolute Gasteiger partial charge is 0.493 e. The van der Waals surface area contributed by atoms with Gasteiger partial charge in [0.2, 0.25) is 0 Å². The number of rotatable bonds is 9. The van der Waals surface area contributed by atoms with E-state index in [0.29, 0.717) is 48.0 Å². The van der Waals surface area contributed by atoms with Crippen molar-refractivity contribution in [3.8, 4) is 17.2 Å². The molecule has 3 aliphatic rings. The van der Waals surface area contributed by atoms with Crippen molar-refractivity contribution < 1.29 is 28.5 Å². The van der Waals surface area contributed by atoms with Crippen LogP contribution in [0.15, 0.2) is 89.1 Å². The molecule has 0 radical (unpaired) electrons. The van der Waals surface area contributed by atoms with Gasteiger partial charge < -0.3 is 18.9 Å². The minimum absolute atomic E-state index is 0.00869. The lowest BCUT2D eigenvalue weighted by molar-refractivity contribution is -0.153. The first-order valence-corrected chi connectivity index (χ1v) is 16.0. The van der Waals surface area contributed by atoms with Crippen molar-refractivity contribution in [2.45, 2.75) is 76.4 Å². The van der Waals surface area contributed by atoms with Crippen molar-refractivity contribution >= 4 is 17.5 Å². The normalized spacial score (nSPS) is 21.9. The van der Waals surface area contributed by atoms with E-state index < -0.39 is 11.8 Å². The standard InChI is InChI=1S/C38H41NO6/c1-24-35(38(41)45-28-14-8-5-9-15-28)36(29-16-10-11-17-32(29)44-23-25-12-6-4-7-13-25)37-30(39-24)20-27(21-31(37)40)26-18-19-33(42-2)34(22-26)43-3/h4,6-7,10-13,16-19,22,27-28,35-36H,5,8-9,14-15,20-21,23H2,1-3H3/t27-,35?,36-/m0/s1. The van der Waals surface area contributed by atoms with Gasteiger partial charge >= 0.3 is 5.97 Å². The number of ketones is 1. The number of carbonyl (C=O) groups excluding carboxylic acids is 2. The zero-order chi connectivity index (χ0) is 31.3. The Hall–Kier alpha value is -4.39. The molecule has 3 aromatic carbocycles. The van der Waals surface area contributed by atoms with Crippen LogP contribution in [0.1, 0.15) is 80.4 Å². The fraction of sp³-hybridized carbons (Fsp3) is 0.395. The third kappa shape index (κ3) is 6.53. The van der Waals surface area contributed by atoms with Crippen LogP contribution in [0.4, 0.5) is 0 Å². The molecule has 234 valence electrons. The van der Waals surface area contributed by atoms with Gasteiger partial charge in [-0.1, -0.05) is 61.0 Å². The predicted octanol–water partition coefficient (Wildman–Crippen LogP) is 7.73. The fourth-order valence-corrected chi connectivity index (χ4v) is 7.07. The summed E-state index contributed by atoms with van der Waals surface area (Å²) in [5, 5.41) is 0. The Labute approximate surface area is 265 Å². The van der Waals surface area contributed by atoms with Gasteiger partial charge in [0.15, 0.2) is 17.3 Å². The molecule has 0 amide bonds. The molecule has 3 aromatic rings. The second-order valence-corrected chi connectivity index (χ2v) is 12.2. The number of esters is 1. The van der Waals surface area contributed by atoms with Crippen LogP contribution in [0.3, 0.4) is 0 Å². The van der Waals surface area contributed by atoms with Crippen molar-refractivity contribution in [2.24, 2.45) is 10.9 Å². The average Bonchev–Trinajstić information content (AvgIpc) is 3.07. The fourth-order valence-electron chi connectivity index (χ4n) is 7.07. The van der Waals surface area contributed by atoms with Crippen molar-refractivity contribution in [1.29, 1.82) is 0 Å². The van der Waals surface area contributed by atoms with E-state index >= 15 is 0 Å². The lowest BCUT2D eigenvalue weighted by Crippen LogP contribution is -2.39. The van der Waals surface area contributed by atoms with Gasteiger partial charge in [-0.25, -0.2) is 0 Å². The number of ether oxygens (including phenoxy) is 4. The molecule has 1 saturated carbocycles. The van der Waals surface area contributed by atoms with Gasteiger partial charge in [0.1, 0.15) is 24.4 Å². The van der Waals surface area contributed by atoms with Crippen LogP contribution in [0.5, 0.6) is 17.2 Å². The Morgan fingerprint density at radius 1 is 0.844 bits per heavy atom. The summed E-state index contributed by atoms with van der Waals surface area (Å²) in [6.45, 7) is 2.26. The van der Waals surface area contributed by atoms with E-state index in [1.54, 1.807) is 14.2 Å². The minimum atomic E-state index is -0.714. The molecule has 7 nitrogen and oxygen atoms in total. The van der Waals surface area contributed by atoms with Crippen LogP contribution in [0.2, 0.25) is 0 Å². The smallest absolute Gasteiger partial charge is 0.315 e. The lowest BCUT2D eigenvalue weighted by Gasteiger charge is -2.37. The van der Waals surface area contributed by atoms with Gasteiger partial charge in [-0.3, -0.25) is 14.6 Å². The number of carbonyl (C=O) groups is 2. The Morgan fingerprint density at radius 2 is 1.58 bits per heavy atom. The molecule has 7 heteroatoms. The monoisotopic (exact) mass is 607 g/mol. The summed E-state index contributed by atoms with van der Waals surface area (Å²) in [4.78, 5) is 33.3. The molecule has 0 saturated heterocycles. The number of Topliss-reactive ketones (excluding diaryl/α,β-unsaturated/α-hetero) is 1. The summed E-state index contributed by atoms with van der Waals surface area (Å²) in [5.41, 5.74) is 4.82. The summed E-state index contributed by atoms with van der Waals surface area (Å²) in [6, 6.07) is 23.5. The molecule has 1 heterocycles. The first-order chi connectivity index (χ1) is 22.0. The molecule has 1 fully saturated rings. The van der Waals surface area contributed by atoms with E-state index in [9.17, 15) is 9.59 Å². The van der Waals surface area contributed by atoms with Crippen molar-refractivity contribution in [1.82, 2.24) is 0 Å². The van der Waals surface area contributed by atoms with E-state index in [1.165, 1.54) is 6.42 Å². The SMILES string of the molecule is COc1ccc([C@@H]2CC(=O)C3=C(C2)N=C(C)C(C(=O)OC2CCCCC2)[C@@H]3c2ccccc2OCc2ccccc2)cc1OC. The molecular formula is C38H41NO6. The highest BCUT2D eigenvalue weighted by molar-refractivity contribution is 6.09. The molecule has 2 aliphatic carbocycles. The lowest BCUT2D eigenvalue weighted by atomic mass is 9.69. The zero-order valence-corrected chi connectivity index (χ0v) is 26.3. The van der Waals surface area contributed by atoms with E-state index in [1.807, 2.05) is 79.7 Å². The zero-order valence-electron chi connectivity index (χ0n) is 26.3. The molecule has 1 unspecified atom stereocenters. The molecule has 1 aliphatic heterocycles. The maximum absolute atomic E-state index is 14.3. The molecule has 3 atom stereocenters. The van der Waals surface area contributed by atoms with Crippen LogP contribution in [0, 0.1) is 5.92 Å². The minimum Gasteiger partial charge on any atom is -0.493 e. The van der Waals surface area contributed by atoms with E-state index in [4.69, 9.17) is 23.9 Å². The van der Waals surface area contributed by atoms with Crippen molar-refractivity contribution in [3.05, 3.63) is 101 Å². The molecular weight excluding hydrogens is 566 g/mol. The summed E-state index contributed by atoms with van der Waals surface area (Å²) >= 11 is 0. The van der Waals surface area contributed by atoms with Gasteiger partial charge in [0.25, 0.3) is 0 Å². The average molecular weight is 608 g/mol. The Bertz CT molecular complexity index is 1600. The highest BCUT2D eigenvalue weighted by atomic mass is 16.5. The highest BCUT2D eigenvalue weighted by Crippen LogP contribution is 2.49. The molecule has 0 bridgehead atoms. The number of methoxy groups -OCH3 is 2. The molecule has 6 rings (SSSR count). The predicted molar refractivity (Wildman–Crippen MR) is 173 cm³/mol. The summed E-state index contributed by atoms with van der Waals surface area (Å²) in [7, 11) is 3.22. The third-order valence-electron chi connectivity index (χ3n) is 9.35. The maximum Gasteiger partial charge on any atom is 0.315 e. The second kappa shape index (κ2) is 13.7. The second-order valence-electron chi connectivity index (χ2n) is 12.2. The molecule has 0 aromatic heterocycles. The van der Waals surface area contributed by atoms with Gasteiger partial charge in [-0.05, 0) is 74.3 Å². The molecule has 0 N–H and O–H groups in total. The number of hydrogen-bond donors (Lipinski definition) is 0. The number of hydrogen-bond acceptors (Lipinski definition) is 7. The van der Waals surface area contributed by atoms with Gasteiger partial charge in [0, 0.05) is 34.9 Å². The number of allylic oxidation sites excluding steroid dienone is 2. The summed E-state index contributed by atoms with van der Waals surface area (Å²) in [5.74, 6) is 0.243. The van der Waals surface area contributed by atoms with Gasteiger partial charge in [0.05, 0.1) is 14.2 Å². The van der Waals surface area contributed by atoms with Crippen LogP contribution in [-0.2, 0) is 20.9 Å². The quantitative estimate of drug-likeness (QED) is 0.232. The Kier molecular flexibility index (Phi) is 9.34. The third-order valence-corrected chi connectivity index (χ3v) is 9.35. The number of aliphatic imine (C=N–C) groups is 1. The Balaban J connectivity index is 1.38. The van der Waals surface area contributed by atoms with Crippen molar-refractivity contribution in [3.63, 3.8) is 0 Å². The number of nitrogens with zero attached hydrogens (tertiary/aromatic N) is 1.